The van der Waals surface area contributed by atoms with E-state index in [0.29, 0.717) is 12.0 Å². The monoisotopic (exact) mass is 234 g/mol. The van der Waals surface area contributed by atoms with Crippen LogP contribution in [0.4, 0.5) is 11.6 Å². The van der Waals surface area contributed by atoms with Crippen molar-refractivity contribution in [2.75, 3.05) is 17.7 Å². The molecule has 0 radical (unpaired) electrons. The maximum Gasteiger partial charge on any atom is 0.135 e. The van der Waals surface area contributed by atoms with E-state index >= 15 is 0 Å². The van der Waals surface area contributed by atoms with E-state index < -0.39 is 0 Å². The van der Waals surface area contributed by atoms with E-state index in [2.05, 4.69) is 41.4 Å². The second kappa shape index (κ2) is 4.90. The highest BCUT2D eigenvalue weighted by Gasteiger charge is 2.29. The summed E-state index contributed by atoms with van der Waals surface area (Å²) in [7, 11) is 1.91. The van der Waals surface area contributed by atoms with Gasteiger partial charge in [-0.1, -0.05) is 13.8 Å². The maximum absolute atomic E-state index is 4.40. The molecule has 0 spiro atoms. The summed E-state index contributed by atoms with van der Waals surface area (Å²) < 4.78 is 0. The molecule has 0 bridgehead atoms. The smallest absolute Gasteiger partial charge is 0.135 e. The van der Waals surface area contributed by atoms with Crippen LogP contribution in [-0.4, -0.2) is 23.1 Å². The number of aromatic nitrogens is 2. The van der Waals surface area contributed by atoms with Crippen LogP contribution in [-0.2, 0) is 0 Å². The van der Waals surface area contributed by atoms with Gasteiger partial charge in [0.15, 0.2) is 0 Å². The molecule has 1 saturated carbocycles. The highest BCUT2D eigenvalue weighted by Crippen LogP contribution is 2.35. The van der Waals surface area contributed by atoms with Crippen molar-refractivity contribution < 1.29 is 0 Å². The fraction of sp³-hybridized carbons (Fsp3) is 0.692. The largest absolute Gasteiger partial charge is 0.373 e. The van der Waals surface area contributed by atoms with E-state index in [0.717, 1.165) is 17.6 Å². The molecule has 1 atom stereocenters. The maximum atomic E-state index is 4.40. The molecule has 1 fully saturated rings. The molecule has 0 saturated heterocycles. The lowest BCUT2D eigenvalue weighted by Gasteiger charge is -2.20. The van der Waals surface area contributed by atoms with Gasteiger partial charge in [0.1, 0.15) is 18.0 Å². The molecule has 4 nitrogen and oxygen atoms in total. The summed E-state index contributed by atoms with van der Waals surface area (Å²) in [5, 5.41) is 6.68. The van der Waals surface area contributed by atoms with Gasteiger partial charge in [0.2, 0.25) is 0 Å². The zero-order chi connectivity index (χ0) is 12.4. The fourth-order valence-electron chi connectivity index (χ4n) is 2.19. The van der Waals surface area contributed by atoms with Gasteiger partial charge in [-0.05, 0) is 31.6 Å². The molecular weight excluding hydrogens is 212 g/mol. The first kappa shape index (κ1) is 12.1. The number of hydrogen-bond acceptors (Lipinski definition) is 4. The van der Waals surface area contributed by atoms with Crippen LogP contribution >= 0.6 is 0 Å². The van der Waals surface area contributed by atoms with Gasteiger partial charge in [-0.15, -0.1) is 0 Å². The highest BCUT2D eigenvalue weighted by molar-refractivity contribution is 5.59. The lowest BCUT2D eigenvalue weighted by atomic mass is 10.0. The topological polar surface area (TPSA) is 49.8 Å². The Kier molecular flexibility index (Phi) is 3.50. The summed E-state index contributed by atoms with van der Waals surface area (Å²) in [6.07, 6.45) is 4.31. The number of anilines is 2. The Labute approximate surface area is 103 Å². The molecule has 1 aliphatic rings. The summed E-state index contributed by atoms with van der Waals surface area (Å²) in [6, 6.07) is 0.507. The molecule has 1 aliphatic carbocycles. The molecule has 0 aromatic carbocycles. The van der Waals surface area contributed by atoms with Gasteiger partial charge in [-0.25, -0.2) is 9.97 Å². The molecule has 1 unspecified atom stereocenters. The first-order valence-corrected chi connectivity index (χ1v) is 6.42. The summed E-state index contributed by atoms with van der Waals surface area (Å²) in [5.41, 5.74) is 1.18. The third kappa shape index (κ3) is 2.68. The van der Waals surface area contributed by atoms with Gasteiger partial charge in [0, 0.05) is 18.7 Å². The second-order valence-electron chi connectivity index (χ2n) is 5.16. The molecule has 2 rings (SSSR count). The van der Waals surface area contributed by atoms with Gasteiger partial charge in [-0.3, -0.25) is 0 Å². The number of rotatable bonds is 5. The summed E-state index contributed by atoms with van der Waals surface area (Å²) >= 11 is 0. The molecule has 4 heteroatoms. The molecular formula is C13H22N4. The first-order valence-electron chi connectivity index (χ1n) is 6.42. The van der Waals surface area contributed by atoms with Crippen molar-refractivity contribution in [1.82, 2.24) is 9.97 Å². The van der Waals surface area contributed by atoms with E-state index in [1.165, 1.54) is 18.4 Å². The number of hydrogen-bond donors (Lipinski definition) is 2. The zero-order valence-electron chi connectivity index (χ0n) is 11.1. The molecule has 17 heavy (non-hydrogen) atoms. The lowest BCUT2D eigenvalue weighted by Crippen LogP contribution is -2.20. The molecule has 1 aromatic rings. The van der Waals surface area contributed by atoms with Crippen molar-refractivity contribution in [1.29, 1.82) is 0 Å². The minimum atomic E-state index is 0.410. The average Bonchev–Trinajstić information content (AvgIpc) is 3.11. The number of nitrogens with zero attached hydrogens (tertiary/aromatic N) is 2. The SMILES string of the molecule is CNc1ncnc(NC(C)C2CC2)c1C(C)C. The Morgan fingerprint density at radius 3 is 2.35 bits per heavy atom. The van der Waals surface area contributed by atoms with Crippen molar-refractivity contribution in [3.05, 3.63) is 11.9 Å². The van der Waals surface area contributed by atoms with Crippen molar-refractivity contribution in [3.63, 3.8) is 0 Å². The Hall–Kier alpha value is -1.32. The Balaban J connectivity index is 2.24. The predicted molar refractivity (Wildman–Crippen MR) is 71.5 cm³/mol. The summed E-state index contributed by atoms with van der Waals surface area (Å²) in [5.74, 6) is 3.15. The Bertz CT molecular complexity index is 385. The van der Waals surface area contributed by atoms with E-state index in [9.17, 15) is 0 Å². The zero-order valence-corrected chi connectivity index (χ0v) is 11.1. The van der Waals surface area contributed by atoms with Crippen LogP contribution < -0.4 is 10.6 Å². The quantitative estimate of drug-likeness (QED) is 0.822. The standard InChI is InChI=1S/C13H22N4/c1-8(2)11-12(14-4)15-7-16-13(11)17-9(3)10-5-6-10/h7-10H,5-6H2,1-4H3,(H2,14,15,16,17). The van der Waals surface area contributed by atoms with Crippen LogP contribution in [0.5, 0.6) is 0 Å². The minimum Gasteiger partial charge on any atom is -0.373 e. The van der Waals surface area contributed by atoms with Crippen LogP contribution in [0.25, 0.3) is 0 Å². The summed E-state index contributed by atoms with van der Waals surface area (Å²) in [4.78, 5) is 8.68. The first-order chi connectivity index (χ1) is 8.13. The van der Waals surface area contributed by atoms with Gasteiger partial charge in [-0.2, -0.15) is 0 Å². The van der Waals surface area contributed by atoms with Crippen LogP contribution in [0.3, 0.4) is 0 Å². The van der Waals surface area contributed by atoms with E-state index in [1.807, 2.05) is 7.05 Å². The molecule has 1 aromatic heterocycles. The van der Waals surface area contributed by atoms with E-state index in [4.69, 9.17) is 0 Å². The third-order valence-electron chi connectivity index (χ3n) is 3.39. The second-order valence-corrected chi connectivity index (χ2v) is 5.16. The van der Waals surface area contributed by atoms with Crippen molar-refractivity contribution >= 4 is 11.6 Å². The normalized spacial score (nSPS) is 17.0. The third-order valence-corrected chi connectivity index (χ3v) is 3.39. The van der Waals surface area contributed by atoms with Crippen molar-refractivity contribution in [2.45, 2.75) is 45.6 Å². The van der Waals surface area contributed by atoms with E-state index in [-0.39, 0.29) is 0 Å². The number of nitrogens with one attached hydrogen (secondary N) is 2. The molecule has 0 aliphatic heterocycles. The molecule has 0 amide bonds. The fourth-order valence-corrected chi connectivity index (χ4v) is 2.19. The van der Waals surface area contributed by atoms with Gasteiger partial charge in [0.25, 0.3) is 0 Å². The minimum absolute atomic E-state index is 0.410. The predicted octanol–water partition coefficient (Wildman–Crippen LogP) is 2.85. The van der Waals surface area contributed by atoms with Crippen molar-refractivity contribution in [3.8, 4) is 0 Å². The average molecular weight is 234 g/mol. The van der Waals surface area contributed by atoms with Gasteiger partial charge >= 0.3 is 0 Å². The van der Waals surface area contributed by atoms with Crippen LogP contribution in [0, 0.1) is 5.92 Å². The van der Waals surface area contributed by atoms with Gasteiger partial charge in [0.05, 0.1) is 0 Å². The molecule has 94 valence electrons. The van der Waals surface area contributed by atoms with Crippen LogP contribution in [0.15, 0.2) is 6.33 Å². The highest BCUT2D eigenvalue weighted by atomic mass is 15.1. The Morgan fingerprint density at radius 2 is 1.82 bits per heavy atom. The van der Waals surface area contributed by atoms with Gasteiger partial charge < -0.3 is 10.6 Å². The van der Waals surface area contributed by atoms with E-state index in [1.54, 1.807) is 6.33 Å². The molecule has 2 N–H and O–H groups in total. The summed E-state index contributed by atoms with van der Waals surface area (Å²) in [6.45, 7) is 6.59. The molecule has 1 heterocycles. The van der Waals surface area contributed by atoms with Crippen LogP contribution in [0.2, 0.25) is 0 Å². The Morgan fingerprint density at radius 1 is 1.18 bits per heavy atom. The van der Waals surface area contributed by atoms with Crippen LogP contribution in [0.1, 0.15) is 45.1 Å². The van der Waals surface area contributed by atoms with Crippen molar-refractivity contribution in [2.24, 2.45) is 5.92 Å². The lowest BCUT2D eigenvalue weighted by molar-refractivity contribution is 0.686.